The van der Waals surface area contributed by atoms with Crippen LogP contribution in [-0.2, 0) is 19.6 Å². The third-order valence-corrected chi connectivity index (χ3v) is 2.94. The minimum Gasteiger partial charge on any atom is -0.378 e. The fourth-order valence-corrected chi connectivity index (χ4v) is 1.90. The molecule has 6 heteroatoms. The van der Waals surface area contributed by atoms with Crippen LogP contribution >= 0.6 is 12.4 Å². The molecule has 2 aromatic heterocycles. The second-order valence-corrected chi connectivity index (χ2v) is 4.44. The molecule has 0 radical (unpaired) electrons. The van der Waals surface area contributed by atoms with Gasteiger partial charge in [0.2, 0.25) is 0 Å². The monoisotopic (exact) mass is 283 g/mol. The third kappa shape index (κ3) is 3.99. The van der Waals surface area contributed by atoms with Crippen LogP contribution in [0.5, 0.6) is 0 Å². The predicted octanol–water partition coefficient (Wildman–Crippen LogP) is 2.85. The maximum atomic E-state index is 4.49. The van der Waals surface area contributed by atoms with Crippen LogP contribution in [0.25, 0.3) is 0 Å². The number of hydrogen-bond acceptors (Lipinski definition) is 3. The normalized spacial score (nSPS) is 10.3. The van der Waals surface area contributed by atoms with E-state index in [1.165, 1.54) is 5.56 Å². The zero-order valence-corrected chi connectivity index (χ0v) is 12.6. The zero-order chi connectivity index (χ0) is 13.0. The van der Waals surface area contributed by atoms with Gasteiger partial charge in [-0.05, 0) is 20.3 Å². The summed E-state index contributed by atoms with van der Waals surface area (Å²) in [6.07, 6.45) is 7.11. The van der Waals surface area contributed by atoms with E-state index in [1.807, 2.05) is 21.8 Å². The van der Waals surface area contributed by atoms with Gasteiger partial charge in [0.1, 0.15) is 0 Å². The molecule has 0 saturated heterocycles. The first-order valence-electron chi connectivity index (χ1n) is 6.52. The van der Waals surface area contributed by atoms with Crippen LogP contribution in [0.1, 0.15) is 31.5 Å². The Balaban J connectivity index is 0.00000180. The third-order valence-electron chi connectivity index (χ3n) is 2.94. The molecule has 19 heavy (non-hydrogen) atoms. The predicted molar refractivity (Wildman–Crippen MR) is 79.7 cm³/mol. The molecule has 2 heterocycles. The first-order valence-corrected chi connectivity index (χ1v) is 6.52. The Morgan fingerprint density at radius 3 is 2.63 bits per heavy atom. The van der Waals surface area contributed by atoms with Gasteiger partial charge in [-0.3, -0.25) is 9.36 Å². The van der Waals surface area contributed by atoms with Crippen LogP contribution in [0.3, 0.4) is 0 Å². The number of nitrogens with zero attached hydrogens (tertiary/aromatic N) is 4. The zero-order valence-electron chi connectivity index (χ0n) is 11.8. The standard InChI is InChI=1S/C13H21N5.ClH/c1-4-6-18-9-12(11(3)16-18)7-14-13-8-15-17(5-2)10-13;/h8-10,14H,4-7H2,1-3H3;1H. The van der Waals surface area contributed by atoms with Gasteiger partial charge in [-0.2, -0.15) is 10.2 Å². The van der Waals surface area contributed by atoms with Crippen molar-refractivity contribution < 1.29 is 0 Å². The number of anilines is 1. The van der Waals surface area contributed by atoms with Gasteiger partial charge in [0.15, 0.2) is 0 Å². The molecule has 0 fully saturated rings. The van der Waals surface area contributed by atoms with Crippen LogP contribution in [0, 0.1) is 6.92 Å². The fraction of sp³-hybridized carbons (Fsp3) is 0.538. The Bertz CT molecular complexity index is 503. The molecule has 0 saturated carbocycles. The first-order chi connectivity index (χ1) is 8.72. The second kappa shape index (κ2) is 7.19. The van der Waals surface area contributed by atoms with Crippen molar-refractivity contribution in [1.29, 1.82) is 0 Å². The van der Waals surface area contributed by atoms with Crippen molar-refractivity contribution in [3.8, 4) is 0 Å². The SMILES string of the molecule is CCCn1cc(CNc2cnn(CC)c2)c(C)n1.Cl. The highest BCUT2D eigenvalue weighted by atomic mass is 35.5. The van der Waals surface area contributed by atoms with Crippen LogP contribution in [0.2, 0.25) is 0 Å². The van der Waals surface area contributed by atoms with E-state index >= 15 is 0 Å². The fourth-order valence-electron chi connectivity index (χ4n) is 1.90. The van der Waals surface area contributed by atoms with Crippen LogP contribution in [-0.4, -0.2) is 19.6 Å². The molecule has 0 spiro atoms. The lowest BCUT2D eigenvalue weighted by Crippen LogP contribution is -1.99. The average molecular weight is 284 g/mol. The number of hydrogen-bond donors (Lipinski definition) is 1. The van der Waals surface area contributed by atoms with Crippen molar-refractivity contribution in [2.75, 3.05) is 5.32 Å². The van der Waals surface area contributed by atoms with Gasteiger partial charge < -0.3 is 5.32 Å². The Morgan fingerprint density at radius 2 is 2.00 bits per heavy atom. The van der Waals surface area contributed by atoms with E-state index in [1.54, 1.807) is 0 Å². The number of aryl methyl sites for hydroxylation is 3. The summed E-state index contributed by atoms with van der Waals surface area (Å²) in [4.78, 5) is 0. The van der Waals surface area contributed by atoms with Gasteiger partial charge in [-0.15, -0.1) is 12.4 Å². The van der Waals surface area contributed by atoms with E-state index in [0.29, 0.717) is 0 Å². The lowest BCUT2D eigenvalue weighted by molar-refractivity contribution is 0.598. The highest BCUT2D eigenvalue weighted by Gasteiger charge is 2.05. The largest absolute Gasteiger partial charge is 0.378 e. The van der Waals surface area contributed by atoms with Crippen LogP contribution in [0.15, 0.2) is 18.6 Å². The Hall–Kier alpha value is -1.49. The quantitative estimate of drug-likeness (QED) is 0.887. The van der Waals surface area contributed by atoms with E-state index in [9.17, 15) is 0 Å². The number of aromatic nitrogens is 4. The maximum Gasteiger partial charge on any atom is 0.0729 e. The average Bonchev–Trinajstić information content (AvgIpc) is 2.94. The van der Waals surface area contributed by atoms with Crippen LogP contribution < -0.4 is 5.32 Å². The van der Waals surface area contributed by atoms with E-state index in [2.05, 4.69) is 42.5 Å². The molecule has 106 valence electrons. The Morgan fingerprint density at radius 1 is 1.21 bits per heavy atom. The second-order valence-electron chi connectivity index (χ2n) is 4.44. The molecule has 5 nitrogen and oxygen atoms in total. The first kappa shape index (κ1) is 15.6. The van der Waals surface area contributed by atoms with E-state index in [4.69, 9.17) is 0 Å². The van der Waals surface area contributed by atoms with E-state index < -0.39 is 0 Å². The maximum absolute atomic E-state index is 4.49. The van der Waals surface area contributed by atoms with E-state index in [-0.39, 0.29) is 12.4 Å². The van der Waals surface area contributed by atoms with Crippen molar-refractivity contribution in [3.05, 3.63) is 29.8 Å². The summed E-state index contributed by atoms with van der Waals surface area (Å²) in [7, 11) is 0. The number of rotatable bonds is 6. The summed E-state index contributed by atoms with van der Waals surface area (Å²) in [5.74, 6) is 0. The molecule has 0 aromatic carbocycles. The number of nitrogens with one attached hydrogen (secondary N) is 1. The highest BCUT2D eigenvalue weighted by molar-refractivity contribution is 5.85. The molecular weight excluding hydrogens is 262 g/mol. The minimum atomic E-state index is 0. The lowest BCUT2D eigenvalue weighted by atomic mass is 10.2. The van der Waals surface area contributed by atoms with Gasteiger partial charge in [-0.1, -0.05) is 6.92 Å². The molecular formula is C13H22ClN5. The van der Waals surface area contributed by atoms with Gasteiger partial charge >= 0.3 is 0 Å². The van der Waals surface area contributed by atoms with Crippen molar-refractivity contribution in [1.82, 2.24) is 19.6 Å². The molecule has 2 aromatic rings. The van der Waals surface area contributed by atoms with Crippen LogP contribution in [0.4, 0.5) is 5.69 Å². The summed E-state index contributed by atoms with van der Waals surface area (Å²) in [5, 5.41) is 12.1. The van der Waals surface area contributed by atoms with Gasteiger partial charge in [-0.25, -0.2) is 0 Å². The van der Waals surface area contributed by atoms with Crippen molar-refractivity contribution in [3.63, 3.8) is 0 Å². The number of halogens is 1. The molecule has 0 bridgehead atoms. The lowest BCUT2D eigenvalue weighted by Gasteiger charge is -2.01. The molecule has 0 aliphatic rings. The summed E-state index contributed by atoms with van der Waals surface area (Å²) in [6, 6.07) is 0. The molecule has 1 N–H and O–H groups in total. The summed E-state index contributed by atoms with van der Waals surface area (Å²) in [5.41, 5.74) is 3.39. The molecule has 0 aliphatic heterocycles. The Labute approximate surface area is 120 Å². The van der Waals surface area contributed by atoms with Crippen molar-refractivity contribution >= 4 is 18.1 Å². The molecule has 0 atom stereocenters. The van der Waals surface area contributed by atoms with Crippen molar-refractivity contribution in [2.45, 2.75) is 46.8 Å². The molecule has 0 amide bonds. The van der Waals surface area contributed by atoms with Crippen molar-refractivity contribution in [2.24, 2.45) is 0 Å². The van der Waals surface area contributed by atoms with E-state index in [0.717, 1.165) is 37.4 Å². The van der Waals surface area contributed by atoms with Gasteiger partial charge in [0.25, 0.3) is 0 Å². The molecule has 2 rings (SSSR count). The molecule has 0 aliphatic carbocycles. The molecule has 0 unspecified atom stereocenters. The van der Waals surface area contributed by atoms with Gasteiger partial charge in [0.05, 0.1) is 17.6 Å². The summed E-state index contributed by atoms with van der Waals surface area (Å²) >= 11 is 0. The summed E-state index contributed by atoms with van der Waals surface area (Å²) in [6.45, 7) is 8.97. The smallest absolute Gasteiger partial charge is 0.0729 e. The topological polar surface area (TPSA) is 47.7 Å². The highest BCUT2D eigenvalue weighted by Crippen LogP contribution is 2.11. The minimum absolute atomic E-state index is 0. The Kier molecular flexibility index (Phi) is 5.89. The summed E-state index contributed by atoms with van der Waals surface area (Å²) < 4.78 is 3.93. The van der Waals surface area contributed by atoms with Gasteiger partial charge in [0, 0.05) is 37.6 Å².